The van der Waals surface area contributed by atoms with E-state index < -0.39 is 30.3 Å². The minimum Gasteiger partial charge on any atom is -0.481 e. The normalized spacial score (nSPS) is 12.2. The number of carbonyl (C=O) groups is 3. The number of nitrogens with one attached hydrogen (secondary N) is 2. The quantitative estimate of drug-likeness (QED) is 0.549. The number of H-pyrrole nitrogens is 1. The molecule has 0 aliphatic rings. The highest BCUT2D eigenvalue weighted by atomic mass is 16.4. The molecule has 0 saturated heterocycles. The maximum Gasteiger partial charge on any atom is 0.326 e. The van der Waals surface area contributed by atoms with Crippen molar-refractivity contribution in [2.75, 3.05) is 0 Å². The maximum absolute atomic E-state index is 11.7. The van der Waals surface area contributed by atoms with Crippen molar-refractivity contribution in [2.45, 2.75) is 32.2 Å². The first kappa shape index (κ1) is 14.6. The molecule has 1 amide bonds. The van der Waals surface area contributed by atoms with Crippen molar-refractivity contribution in [1.82, 2.24) is 20.5 Å². The number of aromatic nitrogens is 3. The summed E-state index contributed by atoms with van der Waals surface area (Å²) in [5, 5.41) is 25.6. The lowest BCUT2D eigenvalue weighted by molar-refractivity contribution is -0.145. The van der Waals surface area contributed by atoms with E-state index in [-0.39, 0.29) is 11.7 Å². The van der Waals surface area contributed by atoms with Gasteiger partial charge in [0.05, 0.1) is 6.42 Å². The van der Waals surface area contributed by atoms with Crippen LogP contribution in [0.1, 0.15) is 42.6 Å². The number of hydrogen-bond donors (Lipinski definition) is 4. The molecule has 0 bridgehead atoms. The van der Waals surface area contributed by atoms with Crippen LogP contribution in [-0.4, -0.2) is 49.3 Å². The van der Waals surface area contributed by atoms with Crippen LogP contribution in [0.25, 0.3) is 0 Å². The first-order valence-electron chi connectivity index (χ1n) is 5.49. The smallest absolute Gasteiger partial charge is 0.326 e. The molecule has 0 unspecified atom stereocenters. The van der Waals surface area contributed by atoms with Gasteiger partial charge in [-0.25, -0.2) is 9.78 Å². The average Bonchev–Trinajstić information content (AvgIpc) is 2.76. The summed E-state index contributed by atoms with van der Waals surface area (Å²) in [6, 6.07) is -1.52. The number of amides is 1. The van der Waals surface area contributed by atoms with Gasteiger partial charge in [0.1, 0.15) is 11.9 Å². The van der Waals surface area contributed by atoms with E-state index in [0.717, 1.165) is 0 Å². The van der Waals surface area contributed by atoms with Crippen LogP contribution in [0.2, 0.25) is 0 Å². The number of carboxylic acid groups (broad SMARTS) is 2. The zero-order chi connectivity index (χ0) is 14.6. The lowest BCUT2D eigenvalue weighted by Crippen LogP contribution is -2.42. The Kier molecular flexibility index (Phi) is 4.56. The monoisotopic (exact) mass is 270 g/mol. The molecule has 9 nitrogen and oxygen atoms in total. The van der Waals surface area contributed by atoms with Gasteiger partial charge in [-0.3, -0.25) is 14.7 Å². The molecule has 1 rings (SSSR count). The second kappa shape index (κ2) is 5.94. The van der Waals surface area contributed by atoms with Gasteiger partial charge in [-0.2, -0.15) is 0 Å². The fourth-order valence-corrected chi connectivity index (χ4v) is 1.23. The highest BCUT2D eigenvalue weighted by Gasteiger charge is 2.25. The summed E-state index contributed by atoms with van der Waals surface area (Å²) >= 11 is 0. The van der Waals surface area contributed by atoms with Crippen LogP contribution in [0.4, 0.5) is 0 Å². The molecular weight excluding hydrogens is 256 g/mol. The molecule has 0 aliphatic carbocycles. The van der Waals surface area contributed by atoms with E-state index >= 15 is 0 Å². The van der Waals surface area contributed by atoms with Gasteiger partial charge in [0.15, 0.2) is 0 Å². The zero-order valence-electron chi connectivity index (χ0n) is 10.4. The number of aromatic amines is 1. The SMILES string of the molecule is CC(C)c1nc(C(=O)N[C@@H](CC(=O)O)C(=O)O)n[nH]1. The molecule has 19 heavy (non-hydrogen) atoms. The van der Waals surface area contributed by atoms with Crippen molar-refractivity contribution < 1.29 is 24.6 Å². The summed E-state index contributed by atoms with van der Waals surface area (Å²) < 4.78 is 0. The highest BCUT2D eigenvalue weighted by molar-refractivity contribution is 5.94. The largest absolute Gasteiger partial charge is 0.481 e. The molecular formula is C10H14N4O5. The standard InChI is InChI=1S/C10H14N4O5/c1-4(2)7-12-8(14-13-7)9(17)11-5(10(18)19)3-6(15)16/h4-5H,3H2,1-2H3,(H,11,17)(H,15,16)(H,18,19)(H,12,13,14)/t5-/m0/s1. The van der Waals surface area contributed by atoms with Crippen LogP contribution in [0.5, 0.6) is 0 Å². The summed E-state index contributed by atoms with van der Waals surface area (Å²) in [5.74, 6) is -3.31. The number of carbonyl (C=O) groups excluding carboxylic acids is 1. The predicted octanol–water partition coefficient (Wildman–Crippen LogP) is -0.414. The van der Waals surface area contributed by atoms with Crippen LogP contribution >= 0.6 is 0 Å². The van der Waals surface area contributed by atoms with Crippen molar-refractivity contribution in [3.8, 4) is 0 Å². The summed E-state index contributed by atoms with van der Waals surface area (Å²) in [5.41, 5.74) is 0. The van der Waals surface area contributed by atoms with Gasteiger partial charge in [-0.15, -0.1) is 5.10 Å². The predicted molar refractivity (Wildman–Crippen MR) is 61.6 cm³/mol. The third-order valence-corrected chi connectivity index (χ3v) is 2.23. The Balaban J connectivity index is 2.75. The second-order valence-corrected chi connectivity index (χ2v) is 4.16. The van der Waals surface area contributed by atoms with E-state index in [1.165, 1.54) is 0 Å². The topological polar surface area (TPSA) is 145 Å². The maximum atomic E-state index is 11.7. The molecule has 0 aromatic carbocycles. The van der Waals surface area contributed by atoms with E-state index in [1.807, 2.05) is 13.8 Å². The molecule has 0 saturated carbocycles. The Hall–Kier alpha value is -2.45. The fourth-order valence-electron chi connectivity index (χ4n) is 1.23. The van der Waals surface area contributed by atoms with Crippen molar-refractivity contribution in [3.05, 3.63) is 11.6 Å². The third kappa shape index (κ3) is 4.05. The molecule has 1 heterocycles. The van der Waals surface area contributed by atoms with E-state index in [2.05, 4.69) is 20.5 Å². The van der Waals surface area contributed by atoms with Crippen LogP contribution in [0.15, 0.2) is 0 Å². The van der Waals surface area contributed by atoms with Crippen molar-refractivity contribution in [3.63, 3.8) is 0 Å². The average molecular weight is 270 g/mol. The molecule has 0 radical (unpaired) electrons. The van der Waals surface area contributed by atoms with Crippen LogP contribution in [-0.2, 0) is 9.59 Å². The number of aliphatic carboxylic acids is 2. The van der Waals surface area contributed by atoms with Gasteiger partial charge < -0.3 is 15.5 Å². The Labute approximate surface area is 108 Å². The number of carboxylic acids is 2. The lowest BCUT2D eigenvalue weighted by Gasteiger charge is -2.10. The van der Waals surface area contributed by atoms with Gasteiger partial charge in [-0.1, -0.05) is 13.8 Å². The van der Waals surface area contributed by atoms with Crippen LogP contribution < -0.4 is 5.32 Å². The molecule has 1 aromatic heterocycles. The molecule has 0 aliphatic heterocycles. The summed E-state index contributed by atoms with van der Waals surface area (Å²) in [4.78, 5) is 36.8. The van der Waals surface area contributed by atoms with Crippen LogP contribution in [0.3, 0.4) is 0 Å². The Morgan fingerprint density at radius 2 is 1.95 bits per heavy atom. The number of hydrogen-bond acceptors (Lipinski definition) is 5. The van der Waals surface area contributed by atoms with Gasteiger partial charge >= 0.3 is 11.9 Å². The fraction of sp³-hybridized carbons (Fsp3) is 0.500. The van der Waals surface area contributed by atoms with E-state index in [4.69, 9.17) is 10.2 Å². The van der Waals surface area contributed by atoms with E-state index in [1.54, 1.807) is 0 Å². The number of nitrogens with zero attached hydrogens (tertiary/aromatic N) is 2. The molecule has 0 spiro atoms. The Morgan fingerprint density at radius 1 is 1.32 bits per heavy atom. The Morgan fingerprint density at radius 3 is 2.37 bits per heavy atom. The first-order valence-corrected chi connectivity index (χ1v) is 5.49. The summed E-state index contributed by atoms with van der Waals surface area (Å²) in [6.07, 6.45) is -0.720. The Bertz CT molecular complexity index is 496. The molecule has 1 aromatic rings. The molecule has 9 heteroatoms. The third-order valence-electron chi connectivity index (χ3n) is 2.23. The van der Waals surface area contributed by atoms with Gasteiger partial charge in [-0.05, 0) is 0 Å². The minimum absolute atomic E-state index is 0.0309. The molecule has 0 fully saturated rings. The van der Waals surface area contributed by atoms with Crippen LogP contribution in [0, 0.1) is 0 Å². The van der Waals surface area contributed by atoms with E-state index in [0.29, 0.717) is 5.82 Å². The first-order chi connectivity index (χ1) is 8.81. The molecule has 104 valence electrons. The summed E-state index contributed by atoms with van der Waals surface area (Å²) in [6.45, 7) is 3.68. The number of rotatable bonds is 6. The highest BCUT2D eigenvalue weighted by Crippen LogP contribution is 2.07. The van der Waals surface area contributed by atoms with Crippen molar-refractivity contribution >= 4 is 17.8 Å². The molecule has 1 atom stereocenters. The molecule has 4 N–H and O–H groups in total. The van der Waals surface area contributed by atoms with Crippen molar-refractivity contribution in [1.29, 1.82) is 0 Å². The minimum atomic E-state index is -1.52. The van der Waals surface area contributed by atoms with Gasteiger partial charge in [0.2, 0.25) is 5.82 Å². The summed E-state index contributed by atoms with van der Waals surface area (Å²) in [7, 11) is 0. The second-order valence-electron chi connectivity index (χ2n) is 4.16. The van der Waals surface area contributed by atoms with Gasteiger partial charge in [0.25, 0.3) is 5.91 Å². The van der Waals surface area contributed by atoms with E-state index in [9.17, 15) is 14.4 Å². The lowest BCUT2D eigenvalue weighted by atomic mass is 10.2. The zero-order valence-corrected chi connectivity index (χ0v) is 10.4. The van der Waals surface area contributed by atoms with Crippen molar-refractivity contribution in [2.24, 2.45) is 0 Å². The van der Waals surface area contributed by atoms with Gasteiger partial charge in [0, 0.05) is 5.92 Å².